The van der Waals surface area contributed by atoms with Crippen LogP contribution in [0.4, 0.5) is 0 Å². The van der Waals surface area contributed by atoms with E-state index >= 15 is 0 Å². The zero-order valence-electron chi connectivity index (χ0n) is 13.5. The van der Waals surface area contributed by atoms with Gasteiger partial charge in [0, 0.05) is 6.54 Å². The molecule has 6 nitrogen and oxygen atoms in total. The molecule has 1 N–H and O–H groups in total. The molecular weight excluding hydrogens is 310 g/mol. The molecule has 1 amide bonds. The van der Waals surface area contributed by atoms with Gasteiger partial charge in [-0.2, -0.15) is 0 Å². The molecule has 1 aromatic carbocycles. The standard InChI is InChI=1S/C18H19NO5/c1-11-5-7-12(8-6-11)10-19-15(13-4-3-9-24-13)14(18(22)23-2)16(20)17(19)21/h3-9,14-16,20H,10H2,1-2H3/t14-,15-,16+/m1/s1. The predicted octanol–water partition coefficient (Wildman–Crippen LogP) is 1.82. The van der Waals surface area contributed by atoms with Gasteiger partial charge in [0.25, 0.3) is 5.91 Å². The Hall–Kier alpha value is -2.60. The molecule has 2 heterocycles. The number of ether oxygens (including phenoxy) is 1. The first-order valence-corrected chi connectivity index (χ1v) is 7.68. The van der Waals surface area contributed by atoms with E-state index in [2.05, 4.69) is 0 Å². The molecule has 0 aliphatic carbocycles. The lowest BCUT2D eigenvalue weighted by atomic mass is 9.96. The summed E-state index contributed by atoms with van der Waals surface area (Å²) in [5.74, 6) is -1.71. The van der Waals surface area contributed by atoms with Gasteiger partial charge < -0.3 is 19.2 Å². The minimum absolute atomic E-state index is 0.273. The molecule has 24 heavy (non-hydrogen) atoms. The number of aliphatic hydroxyl groups is 1. The van der Waals surface area contributed by atoms with E-state index in [1.54, 1.807) is 12.1 Å². The molecule has 0 bridgehead atoms. The van der Waals surface area contributed by atoms with Crippen LogP contribution in [0.15, 0.2) is 47.1 Å². The normalized spacial score (nSPS) is 23.5. The fraction of sp³-hybridized carbons (Fsp3) is 0.333. The maximum Gasteiger partial charge on any atom is 0.314 e. The predicted molar refractivity (Wildman–Crippen MR) is 84.7 cm³/mol. The van der Waals surface area contributed by atoms with Crippen molar-refractivity contribution < 1.29 is 23.8 Å². The average Bonchev–Trinajstić information content (AvgIpc) is 3.18. The number of aliphatic hydroxyl groups excluding tert-OH is 1. The van der Waals surface area contributed by atoms with Crippen molar-refractivity contribution in [2.45, 2.75) is 25.6 Å². The molecule has 6 heteroatoms. The highest BCUT2D eigenvalue weighted by Crippen LogP contribution is 2.40. The van der Waals surface area contributed by atoms with E-state index < -0.39 is 29.9 Å². The van der Waals surface area contributed by atoms with E-state index in [1.807, 2.05) is 31.2 Å². The molecule has 1 fully saturated rings. The zero-order valence-corrected chi connectivity index (χ0v) is 13.5. The van der Waals surface area contributed by atoms with Crippen molar-refractivity contribution >= 4 is 11.9 Å². The quantitative estimate of drug-likeness (QED) is 0.866. The molecule has 126 valence electrons. The molecule has 1 aliphatic heterocycles. The van der Waals surface area contributed by atoms with Gasteiger partial charge in [0.05, 0.1) is 13.4 Å². The number of hydrogen-bond acceptors (Lipinski definition) is 5. The summed E-state index contributed by atoms with van der Waals surface area (Å²) in [5, 5.41) is 10.3. The Morgan fingerprint density at radius 3 is 2.58 bits per heavy atom. The first-order chi connectivity index (χ1) is 11.5. The fourth-order valence-corrected chi connectivity index (χ4v) is 3.08. The Bertz CT molecular complexity index is 722. The number of rotatable bonds is 4. The van der Waals surface area contributed by atoms with Gasteiger partial charge >= 0.3 is 5.97 Å². The maximum absolute atomic E-state index is 12.5. The lowest BCUT2D eigenvalue weighted by Gasteiger charge is -2.25. The number of amides is 1. The maximum atomic E-state index is 12.5. The number of benzene rings is 1. The van der Waals surface area contributed by atoms with Crippen LogP contribution in [0.5, 0.6) is 0 Å². The molecule has 3 atom stereocenters. The van der Waals surface area contributed by atoms with Gasteiger partial charge in [-0.15, -0.1) is 0 Å². The number of aryl methyl sites for hydroxylation is 1. The Morgan fingerprint density at radius 2 is 2.00 bits per heavy atom. The van der Waals surface area contributed by atoms with Crippen LogP contribution in [0.3, 0.4) is 0 Å². The van der Waals surface area contributed by atoms with Crippen molar-refractivity contribution in [1.82, 2.24) is 4.90 Å². The van der Waals surface area contributed by atoms with Gasteiger partial charge in [0.2, 0.25) is 0 Å². The van der Waals surface area contributed by atoms with Crippen LogP contribution in [0.1, 0.15) is 22.9 Å². The highest BCUT2D eigenvalue weighted by atomic mass is 16.5. The molecule has 3 rings (SSSR count). The van der Waals surface area contributed by atoms with E-state index in [0.717, 1.165) is 11.1 Å². The summed E-state index contributed by atoms with van der Waals surface area (Å²) in [6.45, 7) is 2.25. The molecule has 0 saturated carbocycles. The zero-order chi connectivity index (χ0) is 17.3. The van der Waals surface area contributed by atoms with Crippen LogP contribution in [0.2, 0.25) is 0 Å². The number of hydrogen-bond donors (Lipinski definition) is 1. The summed E-state index contributed by atoms with van der Waals surface area (Å²) in [6, 6.07) is 10.4. The lowest BCUT2D eigenvalue weighted by molar-refractivity contribution is -0.150. The second-order valence-electron chi connectivity index (χ2n) is 5.91. The molecular formula is C18H19NO5. The summed E-state index contributed by atoms with van der Waals surface area (Å²) < 4.78 is 10.2. The third kappa shape index (κ3) is 2.80. The van der Waals surface area contributed by atoms with E-state index in [1.165, 1.54) is 18.3 Å². The minimum Gasteiger partial charge on any atom is -0.469 e. The van der Waals surface area contributed by atoms with Crippen LogP contribution < -0.4 is 0 Å². The molecule has 0 unspecified atom stereocenters. The average molecular weight is 329 g/mol. The fourth-order valence-electron chi connectivity index (χ4n) is 3.08. The summed E-state index contributed by atoms with van der Waals surface area (Å²) >= 11 is 0. The summed E-state index contributed by atoms with van der Waals surface area (Å²) in [7, 11) is 1.24. The van der Waals surface area contributed by atoms with Crippen LogP contribution in [0, 0.1) is 12.8 Å². The largest absolute Gasteiger partial charge is 0.469 e. The van der Waals surface area contributed by atoms with Crippen molar-refractivity contribution in [2.24, 2.45) is 5.92 Å². The molecule has 1 aliphatic rings. The minimum atomic E-state index is -1.45. The monoisotopic (exact) mass is 329 g/mol. The summed E-state index contributed by atoms with van der Waals surface area (Å²) in [5.41, 5.74) is 2.02. The second-order valence-corrected chi connectivity index (χ2v) is 5.91. The van der Waals surface area contributed by atoms with Crippen molar-refractivity contribution in [3.63, 3.8) is 0 Å². The summed E-state index contributed by atoms with van der Waals surface area (Å²) in [4.78, 5) is 26.1. The molecule has 1 saturated heterocycles. The number of esters is 1. The Labute approximate surface area is 139 Å². The van der Waals surface area contributed by atoms with Crippen LogP contribution in [-0.2, 0) is 20.9 Å². The molecule has 0 spiro atoms. The van der Waals surface area contributed by atoms with Crippen molar-refractivity contribution in [3.05, 3.63) is 59.5 Å². The third-order valence-corrected chi connectivity index (χ3v) is 4.33. The van der Waals surface area contributed by atoms with E-state index in [-0.39, 0.29) is 6.54 Å². The van der Waals surface area contributed by atoms with Gasteiger partial charge in [-0.3, -0.25) is 9.59 Å². The topological polar surface area (TPSA) is 80.0 Å². The SMILES string of the molecule is COC(=O)[C@H]1[C@H](O)C(=O)N(Cc2ccc(C)cc2)[C@@H]1c1ccco1. The van der Waals surface area contributed by atoms with Crippen LogP contribution >= 0.6 is 0 Å². The number of methoxy groups -OCH3 is 1. The van der Waals surface area contributed by atoms with E-state index in [9.17, 15) is 14.7 Å². The Balaban J connectivity index is 1.97. The highest BCUT2D eigenvalue weighted by Gasteiger charge is 2.53. The number of carbonyl (C=O) groups excluding carboxylic acids is 2. The summed E-state index contributed by atoms with van der Waals surface area (Å²) in [6.07, 6.45) is 0.0288. The van der Waals surface area contributed by atoms with Gasteiger partial charge in [-0.05, 0) is 24.6 Å². The molecule has 0 radical (unpaired) electrons. The van der Waals surface area contributed by atoms with Crippen LogP contribution in [-0.4, -0.2) is 35.1 Å². The van der Waals surface area contributed by atoms with Gasteiger partial charge in [0.15, 0.2) is 0 Å². The van der Waals surface area contributed by atoms with Crippen molar-refractivity contribution in [1.29, 1.82) is 0 Å². The highest BCUT2D eigenvalue weighted by molar-refractivity contribution is 5.91. The second kappa shape index (κ2) is 6.49. The van der Waals surface area contributed by atoms with Gasteiger partial charge in [-0.25, -0.2) is 0 Å². The molecule has 2 aromatic rings. The number of likely N-dealkylation sites (tertiary alicyclic amines) is 1. The Kier molecular flexibility index (Phi) is 4.40. The lowest BCUT2D eigenvalue weighted by Crippen LogP contribution is -2.30. The number of nitrogens with zero attached hydrogens (tertiary/aromatic N) is 1. The third-order valence-electron chi connectivity index (χ3n) is 4.33. The first kappa shape index (κ1) is 16.3. The van der Waals surface area contributed by atoms with Crippen molar-refractivity contribution in [3.8, 4) is 0 Å². The van der Waals surface area contributed by atoms with E-state index in [0.29, 0.717) is 5.76 Å². The van der Waals surface area contributed by atoms with Gasteiger partial charge in [-0.1, -0.05) is 29.8 Å². The smallest absolute Gasteiger partial charge is 0.314 e. The Morgan fingerprint density at radius 1 is 1.29 bits per heavy atom. The number of carbonyl (C=O) groups is 2. The first-order valence-electron chi connectivity index (χ1n) is 7.68. The van der Waals surface area contributed by atoms with Crippen molar-refractivity contribution in [2.75, 3.05) is 7.11 Å². The number of furan rings is 1. The van der Waals surface area contributed by atoms with Gasteiger partial charge in [0.1, 0.15) is 23.8 Å². The van der Waals surface area contributed by atoms with Crippen LogP contribution in [0.25, 0.3) is 0 Å². The molecule has 1 aromatic heterocycles. The van der Waals surface area contributed by atoms with E-state index in [4.69, 9.17) is 9.15 Å².